The van der Waals surface area contributed by atoms with Gasteiger partial charge >= 0.3 is 5.97 Å². The second-order valence-electron chi connectivity index (χ2n) is 6.20. The summed E-state index contributed by atoms with van der Waals surface area (Å²) in [4.78, 5) is 32.8. The average Bonchev–Trinajstić information content (AvgIpc) is 3.46. The van der Waals surface area contributed by atoms with E-state index in [1.807, 2.05) is 0 Å². The van der Waals surface area contributed by atoms with Crippen molar-refractivity contribution in [2.75, 3.05) is 7.11 Å². The number of methoxy groups -OCH3 is 1. The minimum atomic E-state index is -0.477. The predicted molar refractivity (Wildman–Crippen MR) is 96.3 cm³/mol. The second kappa shape index (κ2) is 7.36. The number of allylic oxidation sites excluding steroid dienone is 1. The molecule has 0 radical (unpaired) electrons. The number of carbonyl (C=O) groups excluding carboxylic acids is 1. The zero-order valence-corrected chi connectivity index (χ0v) is 14.5. The lowest BCUT2D eigenvalue weighted by Gasteiger charge is -2.06. The van der Waals surface area contributed by atoms with Crippen LogP contribution in [0.15, 0.2) is 59.7 Å². The van der Waals surface area contributed by atoms with Gasteiger partial charge in [0, 0.05) is 42.2 Å². The maximum Gasteiger partial charge on any atom is 0.334 e. The van der Waals surface area contributed by atoms with Gasteiger partial charge in [-0.1, -0.05) is 29.8 Å². The molecule has 2 aromatic carbocycles. The fourth-order valence-electron chi connectivity index (χ4n) is 3.02. The van der Waals surface area contributed by atoms with E-state index in [0.717, 1.165) is 16.7 Å². The Morgan fingerprint density at radius 3 is 2.00 bits per heavy atom. The van der Waals surface area contributed by atoms with Crippen molar-refractivity contribution < 1.29 is 19.4 Å². The molecule has 1 fully saturated rings. The van der Waals surface area contributed by atoms with E-state index in [2.05, 4.69) is 0 Å². The molecule has 0 saturated heterocycles. The molecule has 3 rings (SSSR count). The van der Waals surface area contributed by atoms with Crippen LogP contribution in [0, 0.1) is 20.2 Å². The van der Waals surface area contributed by atoms with Gasteiger partial charge in [-0.15, -0.1) is 0 Å². The molecule has 0 bridgehead atoms. The molecule has 1 atom stereocenters. The summed E-state index contributed by atoms with van der Waals surface area (Å²) in [5.74, 6) is -0.411. The molecule has 0 aromatic heterocycles. The first-order chi connectivity index (χ1) is 12.9. The summed E-state index contributed by atoms with van der Waals surface area (Å²) >= 11 is 0. The second-order valence-corrected chi connectivity index (χ2v) is 6.20. The first kappa shape index (κ1) is 18.2. The highest BCUT2D eigenvalue weighted by Crippen LogP contribution is 2.49. The zero-order valence-electron chi connectivity index (χ0n) is 14.5. The molecular formula is C19H16N2O6. The molecule has 0 amide bonds. The molecule has 1 aliphatic rings. The summed E-state index contributed by atoms with van der Waals surface area (Å²) in [5, 5.41) is 21.5. The highest BCUT2D eigenvalue weighted by Gasteiger charge is 2.36. The van der Waals surface area contributed by atoms with Crippen LogP contribution >= 0.6 is 0 Å². The number of nitro groups is 2. The van der Waals surface area contributed by atoms with Gasteiger partial charge in [0.1, 0.15) is 0 Å². The zero-order chi connectivity index (χ0) is 19.6. The number of carbonyl (C=O) groups is 1. The van der Waals surface area contributed by atoms with E-state index in [4.69, 9.17) is 4.74 Å². The largest absolute Gasteiger partial charge is 0.466 e. The van der Waals surface area contributed by atoms with E-state index in [0.29, 0.717) is 18.4 Å². The normalized spacial score (nSPS) is 17.1. The number of hydrogen-bond acceptors (Lipinski definition) is 6. The monoisotopic (exact) mass is 368 g/mol. The molecule has 0 heterocycles. The van der Waals surface area contributed by atoms with Gasteiger partial charge in [-0.3, -0.25) is 20.2 Å². The molecule has 1 aliphatic carbocycles. The summed E-state index contributed by atoms with van der Waals surface area (Å²) in [6.07, 6.45) is 0.985. The highest BCUT2D eigenvalue weighted by atomic mass is 16.6. The quantitative estimate of drug-likeness (QED) is 0.332. The van der Waals surface area contributed by atoms with Crippen LogP contribution in [-0.2, 0) is 16.0 Å². The number of rotatable bonds is 6. The van der Waals surface area contributed by atoms with Crippen molar-refractivity contribution in [2.24, 2.45) is 0 Å². The standard InChI is InChI=1S/C19H16N2O6/c1-27-19(22)18(10-12-2-6-14(7-3-12)20(23)24)17-11-16(17)13-4-8-15(9-5-13)21(25)26/h2-9,16H,10-11H2,1H3/b18-17+. The van der Waals surface area contributed by atoms with Crippen LogP contribution in [0.2, 0.25) is 0 Å². The lowest BCUT2D eigenvalue weighted by molar-refractivity contribution is -0.385. The van der Waals surface area contributed by atoms with Gasteiger partial charge in [-0.2, -0.15) is 0 Å². The van der Waals surface area contributed by atoms with Gasteiger partial charge in [0.25, 0.3) is 11.4 Å². The Morgan fingerprint density at radius 2 is 1.52 bits per heavy atom. The molecule has 2 aromatic rings. The van der Waals surface area contributed by atoms with Crippen LogP contribution in [0.25, 0.3) is 0 Å². The molecular weight excluding hydrogens is 352 g/mol. The number of non-ortho nitro benzene ring substituents is 2. The van der Waals surface area contributed by atoms with Gasteiger partial charge in [0.2, 0.25) is 0 Å². The minimum absolute atomic E-state index is 0.0128. The first-order valence-corrected chi connectivity index (χ1v) is 8.18. The Kier molecular flexibility index (Phi) is 4.98. The molecule has 0 spiro atoms. The molecule has 138 valence electrons. The summed E-state index contributed by atoms with van der Waals surface area (Å²) in [6.45, 7) is 0. The van der Waals surface area contributed by atoms with Gasteiger partial charge in [-0.25, -0.2) is 4.79 Å². The Labute approximate surface area is 154 Å². The van der Waals surface area contributed by atoms with Crippen LogP contribution in [0.5, 0.6) is 0 Å². The van der Waals surface area contributed by atoms with Crippen molar-refractivity contribution in [1.82, 2.24) is 0 Å². The Balaban J connectivity index is 1.83. The van der Waals surface area contributed by atoms with Crippen LogP contribution < -0.4 is 0 Å². The number of ether oxygens (including phenoxy) is 1. The Hall–Kier alpha value is -3.55. The van der Waals surface area contributed by atoms with Gasteiger partial charge in [0.15, 0.2) is 0 Å². The molecule has 0 N–H and O–H groups in total. The van der Waals surface area contributed by atoms with Gasteiger partial charge in [-0.05, 0) is 17.5 Å². The molecule has 1 saturated carbocycles. The highest BCUT2D eigenvalue weighted by molar-refractivity contribution is 5.91. The van der Waals surface area contributed by atoms with E-state index in [-0.39, 0.29) is 17.3 Å². The van der Waals surface area contributed by atoms with Crippen molar-refractivity contribution >= 4 is 17.3 Å². The third-order valence-electron chi connectivity index (χ3n) is 4.54. The smallest absolute Gasteiger partial charge is 0.334 e. The van der Waals surface area contributed by atoms with E-state index in [1.165, 1.54) is 31.4 Å². The number of nitro benzene ring substituents is 2. The maximum atomic E-state index is 12.2. The van der Waals surface area contributed by atoms with E-state index in [9.17, 15) is 25.0 Å². The summed E-state index contributed by atoms with van der Waals surface area (Å²) in [7, 11) is 1.31. The lowest BCUT2D eigenvalue weighted by atomic mass is 10.0. The van der Waals surface area contributed by atoms with E-state index in [1.54, 1.807) is 24.3 Å². The van der Waals surface area contributed by atoms with Crippen LogP contribution in [0.1, 0.15) is 23.5 Å². The molecule has 8 nitrogen and oxygen atoms in total. The number of benzene rings is 2. The first-order valence-electron chi connectivity index (χ1n) is 8.18. The van der Waals surface area contributed by atoms with Crippen molar-refractivity contribution in [1.29, 1.82) is 0 Å². The molecule has 1 unspecified atom stereocenters. The Morgan fingerprint density at radius 1 is 1.00 bits per heavy atom. The number of nitrogens with zero attached hydrogens (tertiary/aromatic N) is 2. The van der Waals surface area contributed by atoms with E-state index >= 15 is 0 Å². The third kappa shape index (κ3) is 4.00. The van der Waals surface area contributed by atoms with Crippen LogP contribution in [0.4, 0.5) is 11.4 Å². The topological polar surface area (TPSA) is 113 Å². The van der Waals surface area contributed by atoms with Gasteiger partial charge < -0.3 is 4.74 Å². The Bertz CT molecular complexity index is 932. The van der Waals surface area contributed by atoms with E-state index < -0.39 is 15.8 Å². The fraction of sp³-hybridized carbons (Fsp3) is 0.211. The van der Waals surface area contributed by atoms with Crippen LogP contribution in [0.3, 0.4) is 0 Å². The molecule has 0 aliphatic heterocycles. The van der Waals surface area contributed by atoms with Gasteiger partial charge in [0.05, 0.1) is 17.0 Å². The lowest BCUT2D eigenvalue weighted by Crippen LogP contribution is -2.08. The summed E-state index contributed by atoms with van der Waals surface area (Å²) < 4.78 is 4.89. The third-order valence-corrected chi connectivity index (χ3v) is 4.54. The predicted octanol–water partition coefficient (Wildman–Crippen LogP) is 3.70. The average molecular weight is 368 g/mol. The number of esters is 1. The fourth-order valence-corrected chi connectivity index (χ4v) is 3.02. The van der Waals surface area contributed by atoms with Crippen molar-refractivity contribution in [3.63, 3.8) is 0 Å². The van der Waals surface area contributed by atoms with Crippen molar-refractivity contribution in [2.45, 2.75) is 18.8 Å². The maximum absolute atomic E-state index is 12.2. The summed E-state index contributed by atoms with van der Waals surface area (Å²) in [5.41, 5.74) is 3.12. The van der Waals surface area contributed by atoms with Crippen molar-refractivity contribution in [3.05, 3.63) is 91.0 Å². The SMILES string of the molecule is COC(=O)/C(Cc1ccc([N+](=O)[O-])cc1)=C1\CC1c1ccc([N+](=O)[O-])cc1. The molecule has 8 heteroatoms. The van der Waals surface area contributed by atoms with Crippen molar-refractivity contribution in [3.8, 4) is 0 Å². The summed E-state index contributed by atoms with van der Waals surface area (Å²) in [6, 6.07) is 12.3. The number of hydrogen-bond donors (Lipinski definition) is 0. The molecule has 27 heavy (non-hydrogen) atoms. The van der Waals surface area contributed by atoms with Crippen LogP contribution in [-0.4, -0.2) is 22.9 Å². The minimum Gasteiger partial charge on any atom is -0.466 e.